The molecule has 1 aliphatic rings. The molecule has 1 N–H and O–H groups in total. The van der Waals surface area contributed by atoms with Gasteiger partial charge in [0.15, 0.2) is 0 Å². The highest BCUT2D eigenvalue weighted by atomic mass is 15.1. The number of nitrogens with zero attached hydrogens (tertiary/aromatic N) is 2. The van der Waals surface area contributed by atoms with E-state index >= 15 is 0 Å². The quantitative estimate of drug-likeness (QED) is 0.924. The number of rotatable bonds is 4. The van der Waals surface area contributed by atoms with Crippen molar-refractivity contribution in [3.63, 3.8) is 0 Å². The Bertz CT molecular complexity index is 554. The monoisotopic (exact) mass is 269 g/mol. The molecular weight excluding hydrogens is 246 g/mol. The number of nitrogens with one attached hydrogen (secondary N) is 1. The molecule has 3 heteroatoms. The summed E-state index contributed by atoms with van der Waals surface area (Å²) in [6.07, 6.45) is 5.53. The number of aromatic nitrogens is 1. The van der Waals surface area contributed by atoms with Gasteiger partial charge in [0.05, 0.1) is 5.52 Å². The van der Waals surface area contributed by atoms with Crippen molar-refractivity contribution in [3.8, 4) is 0 Å². The molecule has 3 nitrogen and oxygen atoms in total. The lowest BCUT2D eigenvalue weighted by Crippen LogP contribution is -2.41. The van der Waals surface area contributed by atoms with Crippen LogP contribution >= 0.6 is 0 Å². The molecule has 0 aliphatic carbocycles. The highest BCUT2D eigenvalue weighted by Crippen LogP contribution is 2.17. The molecule has 2 heterocycles. The number of piperidine rings is 1. The summed E-state index contributed by atoms with van der Waals surface area (Å²) in [6.45, 7) is 3.57. The topological polar surface area (TPSA) is 28.2 Å². The fourth-order valence-electron chi connectivity index (χ4n) is 3.09. The van der Waals surface area contributed by atoms with Crippen LogP contribution in [0.5, 0.6) is 0 Å². The van der Waals surface area contributed by atoms with Crippen LogP contribution in [0, 0.1) is 0 Å². The molecule has 0 atom stereocenters. The van der Waals surface area contributed by atoms with E-state index in [9.17, 15) is 0 Å². The summed E-state index contributed by atoms with van der Waals surface area (Å²) in [5.41, 5.74) is 2.54. The number of pyridine rings is 1. The summed E-state index contributed by atoms with van der Waals surface area (Å²) in [5, 5.41) is 4.63. The SMILES string of the molecule is CNC1CCN(CCc2cccc3cccnc23)CC1. The van der Waals surface area contributed by atoms with Crippen molar-refractivity contribution in [2.24, 2.45) is 0 Å². The van der Waals surface area contributed by atoms with E-state index < -0.39 is 0 Å². The summed E-state index contributed by atoms with van der Waals surface area (Å²) >= 11 is 0. The number of benzene rings is 1. The Kier molecular flexibility index (Phi) is 4.28. The van der Waals surface area contributed by atoms with Gasteiger partial charge in [-0.1, -0.05) is 24.3 Å². The van der Waals surface area contributed by atoms with Gasteiger partial charge in [-0.3, -0.25) is 4.98 Å². The van der Waals surface area contributed by atoms with E-state index in [0.717, 1.165) is 13.0 Å². The third kappa shape index (κ3) is 3.00. The Labute approximate surface area is 121 Å². The highest BCUT2D eigenvalue weighted by Gasteiger charge is 2.17. The predicted octanol–water partition coefficient (Wildman–Crippen LogP) is 2.46. The third-order valence-electron chi connectivity index (χ3n) is 4.41. The van der Waals surface area contributed by atoms with Crippen LogP contribution in [0.25, 0.3) is 10.9 Å². The lowest BCUT2D eigenvalue weighted by molar-refractivity contribution is 0.204. The average Bonchev–Trinajstić information content (AvgIpc) is 2.53. The van der Waals surface area contributed by atoms with Gasteiger partial charge in [-0.05, 0) is 51.0 Å². The van der Waals surface area contributed by atoms with Crippen molar-refractivity contribution in [2.45, 2.75) is 25.3 Å². The molecule has 1 saturated heterocycles. The molecule has 106 valence electrons. The maximum absolute atomic E-state index is 4.54. The van der Waals surface area contributed by atoms with E-state index in [4.69, 9.17) is 0 Å². The maximum Gasteiger partial charge on any atom is 0.0734 e. The molecule has 0 spiro atoms. The molecule has 1 aromatic carbocycles. The minimum absolute atomic E-state index is 0.713. The molecule has 0 bridgehead atoms. The smallest absolute Gasteiger partial charge is 0.0734 e. The van der Waals surface area contributed by atoms with Gasteiger partial charge in [0.1, 0.15) is 0 Å². The van der Waals surface area contributed by atoms with Gasteiger partial charge in [0, 0.05) is 24.2 Å². The first-order chi connectivity index (χ1) is 9.86. The first kappa shape index (κ1) is 13.5. The lowest BCUT2D eigenvalue weighted by Gasteiger charge is -2.31. The van der Waals surface area contributed by atoms with Crippen molar-refractivity contribution in [1.82, 2.24) is 15.2 Å². The zero-order valence-electron chi connectivity index (χ0n) is 12.2. The third-order valence-corrected chi connectivity index (χ3v) is 4.41. The van der Waals surface area contributed by atoms with Crippen LogP contribution in [0.15, 0.2) is 36.5 Å². The van der Waals surface area contributed by atoms with Crippen molar-refractivity contribution >= 4 is 10.9 Å². The van der Waals surface area contributed by atoms with E-state index in [0.29, 0.717) is 6.04 Å². The van der Waals surface area contributed by atoms with E-state index in [1.165, 1.54) is 42.4 Å². The second-order valence-corrected chi connectivity index (χ2v) is 5.65. The lowest BCUT2D eigenvalue weighted by atomic mass is 10.0. The molecule has 0 unspecified atom stereocenters. The Morgan fingerprint density at radius 3 is 2.80 bits per heavy atom. The first-order valence-electron chi connectivity index (χ1n) is 7.59. The minimum atomic E-state index is 0.713. The second-order valence-electron chi connectivity index (χ2n) is 5.65. The van der Waals surface area contributed by atoms with Crippen LogP contribution in [-0.4, -0.2) is 42.6 Å². The summed E-state index contributed by atoms with van der Waals surface area (Å²) in [5.74, 6) is 0. The fourth-order valence-corrected chi connectivity index (χ4v) is 3.09. The van der Waals surface area contributed by atoms with Gasteiger partial charge in [-0.15, -0.1) is 0 Å². The molecule has 0 saturated carbocycles. The molecule has 20 heavy (non-hydrogen) atoms. The number of hydrogen-bond donors (Lipinski definition) is 1. The Morgan fingerprint density at radius 1 is 1.20 bits per heavy atom. The van der Waals surface area contributed by atoms with E-state index in [-0.39, 0.29) is 0 Å². The van der Waals surface area contributed by atoms with Crippen molar-refractivity contribution in [3.05, 3.63) is 42.1 Å². The van der Waals surface area contributed by atoms with E-state index in [2.05, 4.69) is 46.5 Å². The average molecular weight is 269 g/mol. The molecule has 1 fully saturated rings. The molecule has 3 rings (SSSR count). The van der Waals surface area contributed by atoms with Gasteiger partial charge in [0.2, 0.25) is 0 Å². The van der Waals surface area contributed by atoms with Gasteiger partial charge in [-0.2, -0.15) is 0 Å². The predicted molar refractivity (Wildman–Crippen MR) is 84.0 cm³/mol. The zero-order chi connectivity index (χ0) is 13.8. The summed E-state index contributed by atoms with van der Waals surface area (Å²) in [6, 6.07) is 11.4. The van der Waals surface area contributed by atoms with E-state index in [1.807, 2.05) is 12.3 Å². The minimum Gasteiger partial charge on any atom is -0.317 e. The Hall–Kier alpha value is -1.45. The van der Waals surface area contributed by atoms with Crippen molar-refractivity contribution in [1.29, 1.82) is 0 Å². The second kappa shape index (κ2) is 6.33. The summed E-state index contributed by atoms with van der Waals surface area (Å²) in [4.78, 5) is 7.12. The summed E-state index contributed by atoms with van der Waals surface area (Å²) in [7, 11) is 2.07. The first-order valence-corrected chi connectivity index (χ1v) is 7.59. The van der Waals surface area contributed by atoms with Crippen molar-refractivity contribution < 1.29 is 0 Å². The molecule has 0 radical (unpaired) electrons. The zero-order valence-corrected chi connectivity index (χ0v) is 12.2. The number of para-hydroxylation sites is 1. The number of fused-ring (bicyclic) bond motifs is 1. The molecule has 0 amide bonds. The highest BCUT2D eigenvalue weighted by molar-refractivity contribution is 5.81. The van der Waals surface area contributed by atoms with Crippen molar-refractivity contribution in [2.75, 3.05) is 26.7 Å². The maximum atomic E-state index is 4.54. The Morgan fingerprint density at radius 2 is 2.00 bits per heavy atom. The standard InChI is InChI=1S/C17H23N3/c1-18-16-8-12-20(13-9-16)11-7-15-5-2-4-14-6-3-10-19-17(14)15/h2-6,10,16,18H,7-9,11-13H2,1H3. The summed E-state index contributed by atoms with van der Waals surface area (Å²) < 4.78 is 0. The van der Waals surface area contributed by atoms with Gasteiger partial charge in [0.25, 0.3) is 0 Å². The fraction of sp³-hybridized carbons (Fsp3) is 0.471. The van der Waals surface area contributed by atoms with Crippen LogP contribution in [0.3, 0.4) is 0 Å². The van der Waals surface area contributed by atoms with Crippen LogP contribution in [0.2, 0.25) is 0 Å². The van der Waals surface area contributed by atoms with Crippen LogP contribution < -0.4 is 5.32 Å². The van der Waals surface area contributed by atoms with Gasteiger partial charge in [-0.25, -0.2) is 0 Å². The van der Waals surface area contributed by atoms with Crippen LogP contribution in [0.4, 0.5) is 0 Å². The molecule has 1 aromatic heterocycles. The number of hydrogen-bond acceptors (Lipinski definition) is 3. The van der Waals surface area contributed by atoms with E-state index in [1.54, 1.807) is 0 Å². The largest absolute Gasteiger partial charge is 0.317 e. The molecular formula is C17H23N3. The molecule has 1 aliphatic heterocycles. The molecule has 2 aromatic rings. The Balaban J connectivity index is 1.63. The normalized spacial score (nSPS) is 17.6. The number of likely N-dealkylation sites (tertiary alicyclic amines) is 1. The van der Waals surface area contributed by atoms with Crippen LogP contribution in [0.1, 0.15) is 18.4 Å². The van der Waals surface area contributed by atoms with Crippen LogP contribution in [-0.2, 0) is 6.42 Å². The van der Waals surface area contributed by atoms with Gasteiger partial charge < -0.3 is 10.2 Å². The van der Waals surface area contributed by atoms with Gasteiger partial charge >= 0.3 is 0 Å².